The minimum absolute atomic E-state index is 0.0260. The van der Waals surface area contributed by atoms with Crippen LogP contribution in [0.1, 0.15) is 30.4 Å². The van der Waals surface area contributed by atoms with E-state index in [1.807, 2.05) is 18.5 Å². The third-order valence-electron chi connectivity index (χ3n) is 4.04. The highest BCUT2D eigenvalue weighted by atomic mass is 32.1. The summed E-state index contributed by atoms with van der Waals surface area (Å²) in [5.74, 6) is -0.324. The second-order valence-corrected chi connectivity index (χ2v) is 6.24. The van der Waals surface area contributed by atoms with E-state index >= 15 is 0 Å². The maximum Gasteiger partial charge on any atom is 0.312 e. The third kappa shape index (κ3) is 4.78. The van der Waals surface area contributed by atoms with Crippen LogP contribution in [0.25, 0.3) is 0 Å². The molecule has 2 aromatic rings. The molecule has 12 heteroatoms. The fourth-order valence-corrected chi connectivity index (χ4v) is 2.77. The van der Waals surface area contributed by atoms with E-state index in [2.05, 4.69) is 26.4 Å². The summed E-state index contributed by atoms with van der Waals surface area (Å²) >= 11 is 5.14. The lowest BCUT2D eigenvalue weighted by Gasteiger charge is -2.11. The topological polar surface area (TPSA) is 132 Å². The van der Waals surface area contributed by atoms with Crippen LogP contribution in [0.15, 0.2) is 6.20 Å². The van der Waals surface area contributed by atoms with Crippen molar-refractivity contribution in [3.05, 3.63) is 33.4 Å². The number of hydrogen-bond acceptors (Lipinski definition) is 6. The van der Waals surface area contributed by atoms with Crippen molar-refractivity contribution >= 4 is 34.6 Å². The van der Waals surface area contributed by atoms with Crippen molar-refractivity contribution in [1.29, 1.82) is 0 Å². The fraction of sp³-hybridized carbons (Fsp3) is 0.467. The summed E-state index contributed by atoms with van der Waals surface area (Å²) in [7, 11) is 0. The van der Waals surface area contributed by atoms with Gasteiger partial charge in [0.25, 0.3) is 0 Å². The normalized spacial score (nSPS) is 10.5. The zero-order valence-corrected chi connectivity index (χ0v) is 16.4. The number of nitrogens with one attached hydrogen (secondary N) is 3. The second kappa shape index (κ2) is 8.58. The molecule has 0 saturated carbocycles. The van der Waals surface area contributed by atoms with Gasteiger partial charge in [0.2, 0.25) is 5.91 Å². The van der Waals surface area contributed by atoms with E-state index in [1.165, 1.54) is 4.68 Å². The molecule has 2 aromatic heterocycles. The molecule has 0 atom stereocenters. The number of rotatable bonds is 6. The van der Waals surface area contributed by atoms with Gasteiger partial charge in [0.05, 0.1) is 29.0 Å². The van der Waals surface area contributed by atoms with Crippen LogP contribution in [-0.2, 0) is 17.9 Å². The monoisotopic (exact) mass is 394 g/mol. The van der Waals surface area contributed by atoms with Crippen LogP contribution < -0.4 is 16.2 Å². The SMILES string of the molecule is CCn1ncc(NC(=S)NNC(=O)CCn2nc(C)c([N+](=O)[O-])c2C)c1C. The van der Waals surface area contributed by atoms with Crippen molar-refractivity contribution in [3.63, 3.8) is 0 Å². The van der Waals surface area contributed by atoms with E-state index in [1.54, 1.807) is 20.0 Å². The van der Waals surface area contributed by atoms with Gasteiger partial charge in [-0.15, -0.1) is 0 Å². The number of hydrazine groups is 1. The number of carbonyl (C=O) groups excluding carboxylic acids is 1. The first-order chi connectivity index (χ1) is 12.7. The van der Waals surface area contributed by atoms with Gasteiger partial charge in [-0.25, -0.2) is 0 Å². The number of amides is 1. The van der Waals surface area contributed by atoms with Crippen molar-refractivity contribution in [1.82, 2.24) is 30.4 Å². The lowest BCUT2D eigenvalue weighted by Crippen LogP contribution is -2.44. The highest BCUT2D eigenvalue weighted by Crippen LogP contribution is 2.21. The van der Waals surface area contributed by atoms with Gasteiger partial charge < -0.3 is 5.32 Å². The molecule has 0 fully saturated rings. The Morgan fingerprint density at radius 3 is 2.52 bits per heavy atom. The quantitative estimate of drug-likeness (QED) is 0.380. The number of nitrogens with zero attached hydrogens (tertiary/aromatic N) is 5. The average Bonchev–Trinajstić information content (AvgIpc) is 3.10. The highest BCUT2D eigenvalue weighted by Gasteiger charge is 2.21. The van der Waals surface area contributed by atoms with Crippen LogP contribution in [0.3, 0.4) is 0 Å². The molecule has 0 radical (unpaired) electrons. The molecule has 1 amide bonds. The highest BCUT2D eigenvalue weighted by molar-refractivity contribution is 7.80. The third-order valence-corrected chi connectivity index (χ3v) is 4.25. The number of aryl methyl sites for hydroxylation is 3. The number of hydrogen-bond donors (Lipinski definition) is 3. The number of thiocarbonyl (C=S) groups is 1. The standard InChI is InChI=1S/C15H22N8O3S/c1-5-21-10(3)12(8-16-21)17-15(27)19-18-13(24)6-7-22-11(4)14(23(25)26)9(2)20-22/h8H,5-7H2,1-4H3,(H,18,24)(H2,17,19,27). The molecule has 3 N–H and O–H groups in total. The Labute approximate surface area is 161 Å². The zero-order valence-electron chi connectivity index (χ0n) is 15.6. The molecule has 0 aliphatic rings. The summed E-state index contributed by atoms with van der Waals surface area (Å²) in [6.45, 7) is 8.03. The smallest absolute Gasteiger partial charge is 0.312 e. The molecule has 0 saturated heterocycles. The molecule has 0 bridgehead atoms. The second-order valence-electron chi connectivity index (χ2n) is 5.84. The number of aromatic nitrogens is 4. The van der Waals surface area contributed by atoms with Crippen molar-refractivity contribution in [2.45, 2.75) is 47.2 Å². The van der Waals surface area contributed by atoms with E-state index in [0.29, 0.717) is 11.4 Å². The van der Waals surface area contributed by atoms with Crippen LogP contribution in [0.2, 0.25) is 0 Å². The van der Waals surface area contributed by atoms with E-state index < -0.39 is 4.92 Å². The largest absolute Gasteiger partial charge is 0.329 e. The number of anilines is 1. The van der Waals surface area contributed by atoms with Gasteiger partial charge in [-0.05, 0) is 39.9 Å². The summed E-state index contributed by atoms with van der Waals surface area (Å²) in [6.07, 6.45) is 1.74. The predicted molar refractivity (Wildman–Crippen MR) is 103 cm³/mol. The molecule has 0 unspecified atom stereocenters. The van der Waals surface area contributed by atoms with Crippen LogP contribution in [0, 0.1) is 30.9 Å². The maximum absolute atomic E-state index is 12.0. The van der Waals surface area contributed by atoms with E-state index in [-0.39, 0.29) is 29.7 Å². The molecule has 27 heavy (non-hydrogen) atoms. The summed E-state index contributed by atoms with van der Waals surface area (Å²) in [5.41, 5.74) is 7.49. The molecular formula is C15H22N8O3S. The molecule has 11 nitrogen and oxygen atoms in total. The van der Waals surface area contributed by atoms with Gasteiger partial charge in [0.1, 0.15) is 11.4 Å². The predicted octanol–water partition coefficient (Wildman–Crippen LogP) is 1.34. The summed E-state index contributed by atoms with van der Waals surface area (Å²) < 4.78 is 3.27. The first-order valence-electron chi connectivity index (χ1n) is 8.31. The summed E-state index contributed by atoms with van der Waals surface area (Å²) in [6, 6.07) is 0. The van der Waals surface area contributed by atoms with E-state index in [0.717, 1.165) is 17.9 Å². The molecular weight excluding hydrogens is 372 g/mol. The Morgan fingerprint density at radius 2 is 1.96 bits per heavy atom. The molecule has 0 aliphatic heterocycles. The van der Waals surface area contributed by atoms with Crippen LogP contribution in [0.4, 0.5) is 11.4 Å². The molecule has 146 valence electrons. The first kappa shape index (κ1) is 20.3. The van der Waals surface area contributed by atoms with Crippen LogP contribution in [-0.4, -0.2) is 35.5 Å². The first-order valence-corrected chi connectivity index (χ1v) is 8.72. The van der Waals surface area contributed by atoms with Crippen molar-refractivity contribution in [2.24, 2.45) is 0 Å². The van der Waals surface area contributed by atoms with Crippen LogP contribution >= 0.6 is 12.2 Å². The fourth-order valence-electron chi connectivity index (χ4n) is 2.61. The Balaban J connectivity index is 1.82. The maximum atomic E-state index is 12.0. The van der Waals surface area contributed by atoms with Gasteiger partial charge in [-0.2, -0.15) is 10.2 Å². The average molecular weight is 394 g/mol. The lowest BCUT2D eigenvalue weighted by atomic mass is 10.3. The molecule has 0 aromatic carbocycles. The van der Waals surface area contributed by atoms with E-state index in [9.17, 15) is 14.9 Å². The Kier molecular flexibility index (Phi) is 6.45. The van der Waals surface area contributed by atoms with Gasteiger partial charge in [0.15, 0.2) is 5.11 Å². The van der Waals surface area contributed by atoms with Gasteiger partial charge >= 0.3 is 5.69 Å². The zero-order chi connectivity index (χ0) is 20.1. The Hall–Kier alpha value is -3.02. The lowest BCUT2D eigenvalue weighted by molar-refractivity contribution is -0.386. The molecule has 0 aliphatic carbocycles. The molecule has 2 rings (SSSR count). The Bertz CT molecular complexity index is 873. The van der Waals surface area contributed by atoms with Crippen molar-refractivity contribution in [2.75, 3.05) is 5.32 Å². The van der Waals surface area contributed by atoms with Gasteiger partial charge in [0, 0.05) is 13.0 Å². The summed E-state index contributed by atoms with van der Waals surface area (Å²) in [4.78, 5) is 22.5. The minimum atomic E-state index is -0.470. The van der Waals surface area contributed by atoms with Gasteiger partial charge in [-0.3, -0.25) is 35.1 Å². The molecule has 0 spiro atoms. The molecule has 2 heterocycles. The van der Waals surface area contributed by atoms with Crippen LogP contribution in [0.5, 0.6) is 0 Å². The van der Waals surface area contributed by atoms with E-state index in [4.69, 9.17) is 12.2 Å². The van der Waals surface area contributed by atoms with Gasteiger partial charge in [-0.1, -0.05) is 0 Å². The number of carbonyl (C=O) groups is 1. The summed E-state index contributed by atoms with van der Waals surface area (Å²) in [5, 5.41) is 22.5. The minimum Gasteiger partial charge on any atom is -0.329 e. The number of nitro groups is 1. The van der Waals surface area contributed by atoms with Crippen molar-refractivity contribution in [3.8, 4) is 0 Å². The Morgan fingerprint density at radius 1 is 1.26 bits per heavy atom. The van der Waals surface area contributed by atoms with Crippen molar-refractivity contribution < 1.29 is 9.72 Å².